The lowest BCUT2D eigenvalue weighted by Gasteiger charge is -2.36. The number of likely N-dealkylation sites (tertiary alicyclic amines) is 1. The maximum absolute atomic E-state index is 12.3. The van der Waals surface area contributed by atoms with Gasteiger partial charge in [0.05, 0.1) is 6.10 Å². The Balaban J connectivity index is 2.15. The summed E-state index contributed by atoms with van der Waals surface area (Å²) in [6.45, 7) is 3.30. The van der Waals surface area contributed by atoms with Crippen LogP contribution < -0.4 is 0 Å². The van der Waals surface area contributed by atoms with Crippen molar-refractivity contribution in [2.24, 2.45) is 5.92 Å². The molecule has 1 aromatic rings. The molecule has 2 atom stereocenters. The predicted octanol–water partition coefficient (Wildman–Crippen LogP) is 1.59. The van der Waals surface area contributed by atoms with Gasteiger partial charge in [-0.3, -0.25) is 4.79 Å². The van der Waals surface area contributed by atoms with Gasteiger partial charge in [0.1, 0.15) is 11.5 Å². The maximum Gasteiger partial charge on any atom is 0.254 e. The second-order valence-corrected chi connectivity index (χ2v) is 5.03. The van der Waals surface area contributed by atoms with Crippen LogP contribution in [0.2, 0.25) is 0 Å². The summed E-state index contributed by atoms with van der Waals surface area (Å²) in [6.07, 6.45) is 0.915. The minimum Gasteiger partial charge on any atom is -0.508 e. The third-order valence-electron chi connectivity index (χ3n) is 3.63. The van der Waals surface area contributed by atoms with Gasteiger partial charge in [-0.1, -0.05) is 6.92 Å². The van der Waals surface area contributed by atoms with Gasteiger partial charge in [0, 0.05) is 31.8 Å². The molecule has 1 heterocycles. The number of hydrogen-bond acceptors (Lipinski definition) is 4. The van der Waals surface area contributed by atoms with Gasteiger partial charge in [0.15, 0.2) is 0 Å². The van der Waals surface area contributed by atoms with E-state index < -0.39 is 0 Å². The molecule has 2 rings (SSSR count). The van der Waals surface area contributed by atoms with Crippen molar-refractivity contribution in [3.05, 3.63) is 23.8 Å². The number of nitrogens with zero attached hydrogens (tertiary/aromatic N) is 1. The molecule has 1 aliphatic rings. The molecule has 1 saturated heterocycles. The van der Waals surface area contributed by atoms with Crippen LogP contribution in [0.15, 0.2) is 18.2 Å². The molecule has 0 bridgehead atoms. The zero-order valence-electron chi connectivity index (χ0n) is 11.2. The molecule has 5 heteroatoms. The largest absolute Gasteiger partial charge is 0.508 e. The quantitative estimate of drug-likeness (QED) is 0.852. The van der Waals surface area contributed by atoms with Crippen LogP contribution in [0.25, 0.3) is 0 Å². The fourth-order valence-electron chi connectivity index (χ4n) is 2.43. The molecule has 1 aromatic carbocycles. The normalized spacial score (nSPS) is 23.4. The first-order chi connectivity index (χ1) is 9.01. The third-order valence-corrected chi connectivity index (χ3v) is 3.63. The topological polar surface area (TPSA) is 70.0 Å². The van der Waals surface area contributed by atoms with E-state index in [4.69, 9.17) is 4.74 Å². The number of benzene rings is 1. The van der Waals surface area contributed by atoms with Crippen LogP contribution in [-0.4, -0.2) is 47.3 Å². The van der Waals surface area contributed by atoms with Crippen molar-refractivity contribution >= 4 is 5.91 Å². The summed E-state index contributed by atoms with van der Waals surface area (Å²) >= 11 is 0. The van der Waals surface area contributed by atoms with Crippen molar-refractivity contribution in [3.8, 4) is 11.5 Å². The molecule has 1 amide bonds. The zero-order chi connectivity index (χ0) is 14.0. The molecule has 0 radical (unpaired) electrons. The highest BCUT2D eigenvalue weighted by Crippen LogP contribution is 2.24. The van der Waals surface area contributed by atoms with Crippen LogP contribution in [0.4, 0.5) is 0 Å². The van der Waals surface area contributed by atoms with Crippen molar-refractivity contribution in [1.82, 2.24) is 4.90 Å². The van der Waals surface area contributed by atoms with Crippen LogP contribution in [0.5, 0.6) is 11.5 Å². The minimum absolute atomic E-state index is 0.0311. The number of methoxy groups -OCH3 is 1. The Labute approximate surface area is 112 Å². The van der Waals surface area contributed by atoms with Crippen LogP contribution in [0, 0.1) is 5.92 Å². The molecule has 2 N–H and O–H groups in total. The Kier molecular flexibility index (Phi) is 3.95. The van der Waals surface area contributed by atoms with E-state index in [1.54, 1.807) is 12.0 Å². The zero-order valence-corrected chi connectivity index (χ0v) is 11.2. The number of phenolic OH excluding ortho intramolecular Hbond substituents is 2. The molecule has 19 heavy (non-hydrogen) atoms. The Hall–Kier alpha value is -1.75. The van der Waals surface area contributed by atoms with Gasteiger partial charge >= 0.3 is 0 Å². The fourth-order valence-corrected chi connectivity index (χ4v) is 2.43. The first-order valence-electron chi connectivity index (χ1n) is 6.36. The van der Waals surface area contributed by atoms with E-state index in [2.05, 4.69) is 6.92 Å². The van der Waals surface area contributed by atoms with Crippen LogP contribution >= 0.6 is 0 Å². The highest BCUT2D eigenvalue weighted by atomic mass is 16.5. The first kappa shape index (κ1) is 13.7. The van der Waals surface area contributed by atoms with Crippen molar-refractivity contribution in [2.75, 3.05) is 20.2 Å². The lowest BCUT2D eigenvalue weighted by Crippen LogP contribution is -2.46. The number of hydrogen-bond donors (Lipinski definition) is 2. The predicted molar refractivity (Wildman–Crippen MR) is 70.3 cm³/mol. The molecule has 0 saturated carbocycles. The average molecular weight is 265 g/mol. The summed E-state index contributed by atoms with van der Waals surface area (Å²) in [4.78, 5) is 14.0. The Bertz CT molecular complexity index is 454. The van der Waals surface area contributed by atoms with Gasteiger partial charge in [-0.2, -0.15) is 0 Å². The van der Waals surface area contributed by atoms with E-state index in [9.17, 15) is 15.0 Å². The van der Waals surface area contributed by atoms with E-state index in [0.29, 0.717) is 24.6 Å². The second-order valence-electron chi connectivity index (χ2n) is 5.03. The van der Waals surface area contributed by atoms with Gasteiger partial charge in [0.25, 0.3) is 5.91 Å². The number of aromatic hydroxyl groups is 2. The number of piperidine rings is 1. The summed E-state index contributed by atoms with van der Waals surface area (Å²) < 4.78 is 5.37. The van der Waals surface area contributed by atoms with Gasteiger partial charge in [-0.25, -0.2) is 0 Å². The first-order valence-corrected chi connectivity index (χ1v) is 6.36. The van der Waals surface area contributed by atoms with E-state index in [1.165, 1.54) is 18.2 Å². The van der Waals surface area contributed by atoms with Crippen LogP contribution in [0.3, 0.4) is 0 Å². The molecule has 0 aromatic heterocycles. The summed E-state index contributed by atoms with van der Waals surface area (Å²) in [5.74, 6) is 0.000756. The number of amides is 1. The van der Waals surface area contributed by atoms with E-state index >= 15 is 0 Å². The lowest BCUT2D eigenvalue weighted by atomic mass is 9.95. The van der Waals surface area contributed by atoms with Gasteiger partial charge in [-0.05, 0) is 24.5 Å². The molecular weight excluding hydrogens is 246 g/mol. The van der Waals surface area contributed by atoms with E-state index in [-0.39, 0.29) is 23.5 Å². The van der Waals surface area contributed by atoms with Crippen molar-refractivity contribution in [1.29, 1.82) is 0 Å². The smallest absolute Gasteiger partial charge is 0.254 e. The summed E-state index contributed by atoms with van der Waals surface area (Å²) in [5, 5.41) is 18.9. The monoisotopic (exact) mass is 265 g/mol. The van der Waals surface area contributed by atoms with Crippen LogP contribution in [0.1, 0.15) is 23.7 Å². The van der Waals surface area contributed by atoms with Crippen molar-refractivity contribution in [2.45, 2.75) is 19.4 Å². The van der Waals surface area contributed by atoms with E-state index in [1.807, 2.05) is 0 Å². The number of carbonyl (C=O) groups excluding carboxylic acids is 1. The average Bonchev–Trinajstić information content (AvgIpc) is 2.37. The molecule has 0 spiro atoms. The molecule has 0 aliphatic carbocycles. The highest BCUT2D eigenvalue weighted by Gasteiger charge is 2.29. The fraction of sp³-hybridized carbons (Fsp3) is 0.500. The third kappa shape index (κ3) is 2.98. The van der Waals surface area contributed by atoms with E-state index in [0.717, 1.165) is 6.42 Å². The summed E-state index contributed by atoms with van der Waals surface area (Å²) in [5.41, 5.74) is 0.293. The number of phenols is 2. The maximum atomic E-state index is 12.3. The summed E-state index contributed by atoms with van der Waals surface area (Å²) in [6, 6.07) is 3.93. The standard InChI is InChI=1S/C14H19NO4/c1-9-3-4-15(8-13(9)19-2)14(18)10-5-11(16)7-12(17)6-10/h5-7,9,13,16-17H,3-4,8H2,1-2H3. The molecule has 5 nitrogen and oxygen atoms in total. The van der Waals surface area contributed by atoms with Gasteiger partial charge in [0.2, 0.25) is 0 Å². The SMILES string of the molecule is COC1CN(C(=O)c2cc(O)cc(O)c2)CCC1C. The minimum atomic E-state index is -0.194. The van der Waals surface area contributed by atoms with Crippen molar-refractivity contribution < 1.29 is 19.7 Å². The lowest BCUT2D eigenvalue weighted by molar-refractivity contribution is -0.00158. The van der Waals surface area contributed by atoms with Crippen LogP contribution in [-0.2, 0) is 4.74 Å². The van der Waals surface area contributed by atoms with Gasteiger partial charge < -0.3 is 19.8 Å². The molecular formula is C14H19NO4. The number of carbonyl (C=O) groups is 1. The molecule has 1 fully saturated rings. The summed E-state index contributed by atoms with van der Waals surface area (Å²) in [7, 11) is 1.65. The van der Waals surface area contributed by atoms with Gasteiger partial charge in [-0.15, -0.1) is 0 Å². The second kappa shape index (κ2) is 5.48. The number of rotatable bonds is 2. The highest BCUT2D eigenvalue weighted by molar-refractivity contribution is 5.95. The molecule has 2 unspecified atom stereocenters. The number of ether oxygens (including phenoxy) is 1. The Morgan fingerprint density at radius 3 is 2.53 bits per heavy atom. The molecule has 104 valence electrons. The molecule has 1 aliphatic heterocycles. The Morgan fingerprint density at radius 1 is 1.32 bits per heavy atom. The Morgan fingerprint density at radius 2 is 1.95 bits per heavy atom. The van der Waals surface area contributed by atoms with Crippen molar-refractivity contribution in [3.63, 3.8) is 0 Å².